The van der Waals surface area contributed by atoms with Crippen molar-refractivity contribution >= 4 is 131 Å². The second kappa shape index (κ2) is 32.1. The number of nitrogens with zero attached hydrogens (tertiary/aromatic N) is 12. The Labute approximate surface area is 758 Å². The standard InChI is InChI=1S/C41H27N3.C40H26N4.C39H25N5/c1-4-14-28(15-5-1)36-24-31(25-37(42-36)29-16-6-2-7-17-29)44-39-23-13-11-21-33(39)35-26-40-34(27-41(35)44)32-20-10-12-22-38(32)43(40)30-18-8-3-9-19-30;1-4-14-27(15-5-1)34-26-35(28-16-6-2-7-17-28)42-40(41-34)44-37-23-13-11-21-31(37)33-24-38-32(25-39(33)44)30-20-10-12-22-36(30)43(38)29-18-8-3-9-19-29;1-4-14-26(15-5-1)37-40-38(27-16-6-2-7-17-27)42-39(41-37)44-34-23-13-11-21-30(34)32-24-35-31(25-36(32)44)29-20-10-12-22-33(29)43(35)28-18-8-3-9-19-28/h1-27H;1-26H;1-25H. The van der Waals surface area contributed by atoms with E-state index in [1.54, 1.807) is 0 Å². The number of para-hydroxylation sites is 9. The third-order valence-electron chi connectivity index (χ3n) is 25.6. The largest absolute Gasteiger partial charge is 0.309 e. The number of aromatic nitrogens is 12. The Kier molecular flexibility index (Phi) is 18.6. The summed E-state index contributed by atoms with van der Waals surface area (Å²) in [4.78, 5) is 30.7. The quantitative estimate of drug-likeness (QED) is 0.121. The average Bonchev–Trinajstić information content (AvgIpc) is 1.56. The van der Waals surface area contributed by atoms with Crippen LogP contribution in [0.15, 0.2) is 473 Å². The zero-order chi connectivity index (χ0) is 87.1. The van der Waals surface area contributed by atoms with Crippen molar-refractivity contribution in [2.24, 2.45) is 0 Å². The predicted molar refractivity (Wildman–Crippen MR) is 545 cm³/mol. The molecule has 0 spiro atoms. The Morgan fingerprint density at radius 2 is 0.318 bits per heavy atom. The van der Waals surface area contributed by atoms with Gasteiger partial charge in [-0.25, -0.2) is 19.9 Å². The summed E-state index contributed by atoms with van der Waals surface area (Å²) in [5.74, 6) is 2.53. The van der Waals surface area contributed by atoms with Crippen LogP contribution in [0, 0.1) is 0 Å². The molecule has 0 unspecified atom stereocenters. The van der Waals surface area contributed by atoms with Gasteiger partial charge >= 0.3 is 0 Å². The lowest BCUT2D eigenvalue weighted by Gasteiger charge is -2.13. The maximum Gasteiger partial charge on any atom is 0.238 e. The molecule has 0 fully saturated rings. The minimum absolute atomic E-state index is 0.593. The lowest BCUT2D eigenvalue weighted by Crippen LogP contribution is -2.06. The molecule has 27 rings (SSSR count). The van der Waals surface area contributed by atoms with Crippen molar-refractivity contribution < 1.29 is 0 Å². The highest BCUT2D eigenvalue weighted by molar-refractivity contribution is 6.22. The number of hydrogen-bond acceptors (Lipinski definition) is 6. The van der Waals surface area contributed by atoms with Crippen molar-refractivity contribution in [2.75, 3.05) is 0 Å². The number of fused-ring (bicyclic) bond motifs is 18. The highest BCUT2D eigenvalue weighted by Gasteiger charge is 2.26. The van der Waals surface area contributed by atoms with Crippen LogP contribution in [0.4, 0.5) is 0 Å². The first kappa shape index (κ1) is 76.4. The van der Waals surface area contributed by atoms with Gasteiger partial charge in [0.05, 0.1) is 94.7 Å². The molecule has 12 heteroatoms. The molecular weight excluding hydrogens is 1610 g/mol. The van der Waals surface area contributed by atoms with Crippen molar-refractivity contribution in [3.8, 4) is 102 Å². The number of benzene rings is 18. The molecule has 0 N–H and O–H groups in total. The molecule has 618 valence electrons. The van der Waals surface area contributed by atoms with Gasteiger partial charge in [-0.15, -0.1) is 0 Å². The van der Waals surface area contributed by atoms with Gasteiger partial charge in [0, 0.05) is 115 Å². The highest BCUT2D eigenvalue weighted by Crippen LogP contribution is 2.46. The van der Waals surface area contributed by atoms with Crippen molar-refractivity contribution in [3.63, 3.8) is 0 Å². The zero-order valence-electron chi connectivity index (χ0n) is 71.4. The Morgan fingerprint density at radius 1 is 0.121 bits per heavy atom. The van der Waals surface area contributed by atoms with Gasteiger partial charge in [-0.3, -0.25) is 9.13 Å². The number of hydrogen-bond donors (Lipinski definition) is 0. The maximum atomic E-state index is 5.21. The van der Waals surface area contributed by atoms with Crippen LogP contribution in [-0.4, -0.2) is 57.3 Å². The molecule has 9 aromatic heterocycles. The minimum atomic E-state index is 0.593. The molecule has 0 radical (unpaired) electrons. The summed E-state index contributed by atoms with van der Waals surface area (Å²) in [6.07, 6.45) is 0. The third-order valence-corrected chi connectivity index (χ3v) is 25.6. The smallest absolute Gasteiger partial charge is 0.238 e. The van der Waals surface area contributed by atoms with E-state index in [1.807, 2.05) is 72.8 Å². The molecule has 18 aromatic carbocycles. The van der Waals surface area contributed by atoms with Crippen LogP contribution in [0.1, 0.15) is 0 Å². The molecule has 0 aliphatic carbocycles. The van der Waals surface area contributed by atoms with Crippen LogP contribution in [-0.2, 0) is 0 Å². The number of pyridine rings is 1. The summed E-state index contributed by atoms with van der Waals surface area (Å²) in [7, 11) is 0. The van der Waals surface area contributed by atoms with Gasteiger partial charge in [-0.05, 0) is 127 Å². The first-order chi connectivity index (χ1) is 65.5. The molecule has 0 saturated carbocycles. The molecule has 0 amide bonds. The lowest BCUT2D eigenvalue weighted by atomic mass is 10.1. The summed E-state index contributed by atoms with van der Waals surface area (Å²) < 4.78 is 14.0. The van der Waals surface area contributed by atoms with Crippen molar-refractivity contribution in [3.05, 3.63) is 473 Å². The minimum Gasteiger partial charge on any atom is -0.309 e. The zero-order valence-corrected chi connectivity index (χ0v) is 71.4. The van der Waals surface area contributed by atoms with Crippen molar-refractivity contribution in [2.45, 2.75) is 0 Å². The summed E-state index contributed by atoms with van der Waals surface area (Å²) in [5.41, 5.74) is 28.2. The molecule has 132 heavy (non-hydrogen) atoms. The summed E-state index contributed by atoms with van der Waals surface area (Å²) >= 11 is 0. The molecule has 0 atom stereocenters. The fraction of sp³-hybridized carbons (Fsp3) is 0. The maximum absolute atomic E-state index is 5.21. The summed E-state index contributed by atoms with van der Waals surface area (Å²) in [6, 6.07) is 166. The topological polar surface area (TPSA) is 107 Å². The summed E-state index contributed by atoms with van der Waals surface area (Å²) in [6.45, 7) is 0. The Hall–Kier alpha value is -18.0. The van der Waals surface area contributed by atoms with Crippen molar-refractivity contribution in [1.82, 2.24) is 57.3 Å². The monoisotopic (exact) mass is 1690 g/mol. The molecule has 27 aromatic rings. The van der Waals surface area contributed by atoms with E-state index in [0.717, 1.165) is 112 Å². The molecular formula is C120H78N12. The molecule has 0 bridgehead atoms. The van der Waals surface area contributed by atoms with Gasteiger partial charge in [0.2, 0.25) is 11.9 Å². The van der Waals surface area contributed by atoms with E-state index in [2.05, 4.69) is 428 Å². The van der Waals surface area contributed by atoms with E-state index < -0.39 is 0 Å². The fourth-order valence-corrected chi connectivity index (χ4v) is 19.7. The van der Waals surface area contributed by atoms with E-state index in [1.165, 1.54) is 98.0 Å². The third kappa shape index (κ3) is 13.1. The van der Waals surface area contributed by atoms with E-state index in [4.69, 9.17) is 29.9 Å². The van der Waals surface area contributed by atoms with Gasteiger partial charge < -0.3 is 18.3 Å². The first-order valence-electron chi connectivity index (χ1n) is 44.6. The first-order valence-corrected chi connectivity index (χ1v) is 44.6. The molecule has 0 aliphatic heterocycles. The van der Waals surface area contributed by atoms with Crippen LogP contribution < -0.4 is 0 Å². The van der Waals surface area contributed by atoms with E-state index in [0.29, 0.717) is 23.5 Å². The van der Waals surface area contributed by atoms with Gasteiger partial charge in [-0.1, -0.05) is 346 Å². The Balaban J connectivity index is 0.000000106. The summed E-state index contributed by atoms with van der Waals surface area (Å²) in [5, 5.41) is 14.4. The van der Waals surface area contributed by atoms with Crippen molar-refractivity contribution in [1.29, 1.82) is 0 Å². The molecule has 9 heterocycles. The highest BCUT2D eigenvalue weighted by atomic mass is 15.2. The molecule has 0 aliphatic rings. The molecule has 12 nitrogen and oxygen atoms in total. The SMILES string of the molecule is c1ccc(-c2cc(-c3ccccc3)nc(-n3c4ccccc4c4cc5c(cc43)c3ccccc3n5-c3ccccc3)n2)cc1.c1ccc(-c2cc(-n3c4ccccc4c4cc5c(cc43)c3ccccc3n5-c3ccccc3)cc(-c3ccccc3)n2)cc1.c1ccc(-c2nc(-c3ccccc3)nc(-n3c4ccccc4c4cc5c(cc43)c3ccccc3n5-c3ccccc3)n2)cc1. The van der Waals surface area contributed by atoms with E-state index in [-0.39, 0.29) is 0 Å². The average molecular weight is 1690 g/mol. The normalized spacial score (nSPS) is 11.6. The van der Waals surface area contributed by atoms with E-state index >= 15 is 0 Å². The molecule has 0 saturated heterocycles. The second-order valence-electron chi connectivity index (χ2n) is 33.3. The van der Waals surface area contributed by atoms with Gasteiger partial charge in [0.15, 0.2) is 11.6 Å². The van der Waals surface area contributed by atoms with Crippen LogP contribution >= 0.6 is 0 Å². The van der Waals surface area contributed by atoms with Crippen LogP contribution in [0.2, 0.25) is 0 Å². The van der Waals surface area contributed by atoms with Gasteiger partial charge in [0.25, 0.3) is 0 Å². The van der Waals surface area contributed by atoms with Crippen LogP contribution in [0.25, 0.3) is 233 Å². The lowest BCUT2D eigenvalue weighted by molar-refractivity contribution is 0.954. The van der Waals surface area contributed by atoms with Gasteiger partial charge in [-0.2, -0.15) is 9.97 Å². The Bertz CT molecular complexity index is 8090. The Morgan fingerprint density at radius 3 is 0.583 bits per heavy atom. The van der Waals surface area contributed by atoms with Gasteiger partial charge in [0.1, 0.15) is 0 Å². The second-order valence-corrected chi connectivity index (χ2v) is 33.3. The number of rotatable bonds is 12. The fourth-order valence-electron chi connectivity index (χ4n) is 19.7. The van der Waals surface area contributed by atoms with E-state index in [9.17, 15) is 0 Å². The van der Waals surface area contributed by atoms with Crippen LogP contribution in [0.3, 0.4) is 0 Å². The van der Waals surface area contributed by atoms with Crippen LogP contribution in [0.5, 0.6) is 0 Å². The predicted octanol–water partition coefficient (Wildman–Crippen LogP) is 30.0.